The number of rotatable bonds is 6. The Morgan fingerprint density at radius 1 is 1.15 bits per heavy atom. The van der Waals surface area contributed by atoms with E-state index in [9.17, 15) is 9.90 Å². The van der Waals surface area contributed by atoms with Gasteiger partial charge in [0, 0.05) is 0 Å². The molecule has 1 heterocycles. The van der Waals surface area contributed by atoms with Crippen molar-refractivity contribution in [1.29, 1.82) is 0 Å². The first-order valence-electron chi connectivity index (χ1n) is 8.06. The van der Waals surface area contributed by atoms with E-state index in [2.05, 4.69) is 4.98 Å². The van der Waals surface area contributed by atoms with Gasteiger partial charge in [-0.15, -0.1) is 11.3 Å². The van der Waals surface area contributed by atoms with Crippen LogP contribution in [0.25, 0.3) is 10.6 Å². The first-order valence-corrected chi connectivity index (χ1v) is 8.87. The molecule has 0 bridgehead atoms. The standard InChI is InChI=1S/C20H19NO4S/c1-12-7-9-14(10-8-12)11-25-17-15(5-4-6-16(17)24-3)19-21-13(2)18(26-19)20(22)23/h4-10H,11H2,1-3H3,(H,22,23). The third kappa shape index (κ3) is 3.70. The third-order valence-corrected chi connectivity index (χ3v) is 5.10. The lowest BCUT2D eigenvalue weighted by molar-refractivity contribution is 0.0701. The van der Waals surface area contributed by atoms with E-state index in [0.29, 0.717) is 28.8 Å². The van der Waals surface area contributed by atoms with E-state index in [-0.39, 0.29) is 4.88 Å². The van der Waals surface area contributed by atoms with Crippen molar-refractivity contribution in [2.75, 3.05) is 7.11 Å². The topological polar surface area (TPSA) is 68.7 Å². The molecule has 0 unspecified atom stereocenters. The van der Waals surface area contributed by atoms with Crippen LogP contribution in [0.2, 0.25) is 0 Å². The Bertz CT molecular complexity index is 931. The highest BCUT2D eigenvalue weighted by atomic mass is 32.1. The monoisotopic (exact) mass is 369 g/mol. The lowest BCUT2D eigenvalue weighted by Crippen LogP contribution is -1.99. The second-order valence-corrected chi connectivity index (χ2v) is 6.85. The van der Waals surface area contributed by atoms with E-state index >= 15 is 0 Å². The number of para-hydroxylation sites is 1. The van der Waals surface area contributed by atoms with Crippen LogP contribution < -0.4 is 9.47 Å². The van der Waals surface area contributed by atoms with Crippen molar-refractivity contribution < 1.29 is 19.4 Å². The highest BCUT2D eigenvalue weighted by Crippen LogP contribution is 2.40. The number of benzene rings is 2. The number of carboxylic acid groups (broad SMARTS) is 1. The van der Waals surface area contributed by atoms with Gasteiger partial charge in [-0.2, -0.15) is 0 Å². The van der Waals surface area contributed by atoms with Crippen LogP contribution >= 0.6 is 11.3 Å². The van der Waals surface area contributed by atoms with Gasteiger partial charge < -0.3 is 14.6 Å². The van der Waals surface area contributed by atoms with E-state index < -0.39 is 5.97 Å². The molecule has 0 aliphatic heterocycles. The number of nitrogens with zero attached hydrogens (tertiary/aromatic N) is 1. The van der Waals surface area contributed by atoms with E-state index in [1.807, 2.05) is 49.4 Å². The van der Waals surface area contributed by atoms with Crippen molar-refractivity contribution >= 4 is 17.3 Å². The van der Waals surface area contributed by atoms with Crippen LogP contribution in [0.1, 0.15) is 26.5 Å². The summed E-state index contributed by atoms with van der Waals surface area (Å²) >= 11 is 1.13. The fourth-order valence-electron chi connectivity index (χ4n) is 2.54. The largest absolute Gasteiger partial charge is 0.493 e. The van der Waals surface area contributed by atoms with Crippen LogP contribution in [0.5, 0.6) is 11.5 Å². The van der Waals surface area contributed by atoms with Gasteiger partial charge in [0.1, 0.15) is 16.5 Å². The summed E-state index contributed by atoms with van der Waals surface area (Å²) in [5, 5.41) is 9.88. The quantitative estimate of drug-likeness (QED) is 0.681. The number of hydrogen-bond acceptors (Lipinski definition) is 5. The molecule has 0 aliphatic rings. The maximum atomic E-state index is 11.3. The average Bonchev–Trinajstić information content (AvgIpc) is 3.03. The minimum Gasteiger partial charge on any atom is -0.493 e. The number of carboxylic acids is 1. The summed E-state index contributed by atoms with van der Waals surface area (Å²) in [5.41, 5.74) is 3.43. The lowest BCUT2D eigenvalue weighted by atomic mass is 10.1. The van der Waals surface area contributed by atoms with Crippen molar-refractivity contribution in [1.82, 2.24) is 4.98 Å². The van der Waals surface area contributed by atoms with Crippen LogP contribution in [0, 0.1) is 13.8 Å². The average molecular weight is 369 g/mol. The first-order chi connectivity index (χ1) is 12.5. The third-order valence-electron chi connectivity index (χ3n) is 3.92. The molecule has 0 radical (unpaired) electrons. The zero-order valence-electron chi connectivity index (χ0n) is 14.8. The van der Waals surface area contributed by atoms with Crippen molar-refractivity contribution in [3.05, 3.63) is 64.2 Å². The maximum Gasteiger partial charge on any atom is 0.347 e. The second kappa shape index (κ2) is 7.58. The number of thiazole rings is 1. The second-order valence-electron chi connectivity index (χ2n) is 5.85. The first kappa shape index (κ1) is 17.9. The minimum atomic E-state index is -0.976. The molecule has 3 rings (SSSR count). The molecule has 3 aromatic rings. The molecular weight excluding hydrogens is 350 g/mol. The summed E-state index contributed by atoms with van der Waals surface area (Å²) in [7, 11) is 1.58. The SMILES string of the molecule is COc1cccc(-c2nc(C)c(C(=O)O)s2)c1OCc1ccc(C)cc1. The zero-order chi connectivity index (χ0) is 18.7. The van der Waals surface area contributed by atoms with E-state index in [4.69, 9.17) is 9.47 Å². The molecule has 0 aliphatic carbocycles. The Kier molecular flexibility index (Phi) is 5.23. The summed E-state index contributed by atoms with van der Waals surface area (Å²) in [6.07, 6.45) is 0. The Morgan fingerprint density at radius 3 is 2.50 bits per heavy atom. The van der Waals surface area contributed by atoms with Crippen LogP contribution in [0.4, 0.5) is 0 Å². The van der Waals surface area contributed by atoms with Crippen molar-refractivity contribution in [3.8, 4) is 22.1 Å². The van der Waals surface area contributed by atoms with Crippen LogP contribution in [0.3, 0.4) is 0 Å². The molecule has 2 aromatic carbocycles. The van der Waals surface area contributed by atoms with Gasteiger partial charge in [-0.1, -0.05) is 35.9 Å². The molecular formula is C20H19NO4S. The number of ether oxygens (including phenoxy) is 2. The summed E-state index contributed by atoms with van der Waals surface area (Å²) in [6.45, 7) is 4.11. The number of methoxy groups -OCH3 is 1. The van der Waals surface area contributed by atoms with Gasteiger partial charge in [0.25, 0.3) is 0 Å². The van der Waals surface area contributed by atoms with Gasteiger partial charge in [-0.25, -0.2) is 9.78 Å². The molecule has 0 atom stereocenters. The zero-order valence-corrected chi connectivity index (χ0v) is 15.6. The van der Waals surface area contributed by atoms with Crippen LogP contribution in [0.15, 0.2) is 42.5 Å². The van der Waals surface area contributed by atoms with Crippen LogP contribution in [-0.2, 0) is 6.61 Å². The maximum absolute atomic E-state index is 11.3. The fraction of sp³-hybridized carbons (Fsp3) is 0.200. The molecule has 6 heteroatoms. The van der Waals surface area contributed by atoms with E-state index in [0.717, 1.165) is 22.5 Å². The predicted molar refractivity (Wildman–Crippen MR) is 101 cm³/mol. The summed E-state index contributed by atoms with van der Waals surface area (Å²) in [4.78, 5) is 16.0. The molecule has 1 N–H and O–H groups in total. The Morgan fingerprint density at radius 2 is 1.88 bits per heavy atom. The van der Waals surface area contributed by atoms with Gasteiger partial charge in [-0.3, -0.25) is 0 Å². The molecule has 0 saturated carbocycles. The van der Waals surface area contributed by atoms with Crippen LogP contribution in [-0.4, -0.2) is 23.2 Å². The number of carbonyl (C=O) groups is 1. The fourth-order valence-corrected chi connectivity index (χ4v) is 3.47. The Labute approximate surface area is 155 Å². The number of aryl methyl sites for hydroxylation is 2. The van der Waals surface area contributed by atoms with Gasteiger partial charge in [0.2, 0.25) is 0 Å². The molecule has 1 aromatic heterocycles. The van der Waals surface area contributed by atoms with Gasteiger partial charge in [0.05, 0.1) is 18.4 Å². The molecule has 0 amide bonds. The highest BCUT2D eigenvalue weighted by Gasteiger charge is 2.20. The molecule has 134 valence electrons. The smallest absolute Gasteiger partial charge is 0.347 e. The number of aromatic nitrogens is 1. The van der Waals surface area contributed by atoms with E-state index in [1.165, 1.54) is 5.56 Å². The summed E-state index contributed by atoms with van der Waals surface area (Å²) in [6, 6.07) is 13.6. The summed E-state index contributed by atoms with van der Waals surface area (Å²) < 4.78 is 11.5. The van der Waals surface area contributed by atoms with Gasteiger partial charge in [0.15, 0.2) is 11.5 Å². The van der Waals surface area contributed by atoms with Crippen molar-refractivity contribution in [2.45, 2.75) is 20.5 Å². The minimum absolute atomic E-state index is 0.229. The van der Waals surface area contributed by atoms with Crippen molar-refractivity contribution in [3.63, 3.8) is 0 Å². The molecule has 0 saturated heterocycles. The van der Waals surface area contributed by atoms with Gasteiger partial charge in [-0.05, 0) is 31.5 Å². The molecule has 26 heavy (non-hydrogen) atoms. The normalized spacial score (nSPS) is 10.6. The number of aromatic carboxylic acids is 1. The number of hydrogen-bond donors (Lipinski definition) is 1. The molecule has 0 spiro atoms. The highest BCUT2D eigenvalue weighted by molar-refractivity contribution is 7.17. The Balaban J connectivity index is 1.97. The van der Waals surface area contributed by atoms with Crippen molar-refractivity contribution in [2.24, 2.45) is 0 Å². The summed E-state index contributed by atoms with van der Waals surface area (Å²) in [5.74, 6) is 0.164. The molecule has 0 fully saturated rings. The lowest BCUT2D eigenvalue weighted by Gasteiger charge is -2.14. The van der Waals surface area contributed by atoms with E-state index in [1.54, 1.807) is 14.0 Å². The molecule has 5 nitrogen and oxygen atoms in total. The predicted octanol–water partition coefficient (Wildman–Crippen LogP) is 4.71. The Hall–Kier alpha value is -2.86. The van der Waals surface area contributed by atoms with Gasteiger partial charge >= 0.3 is 5.97 Å².